The molecular formula is C50H31N3Si. The van der Waals surface area contributed by atoms with Crippen molar-refractivity contribution in [2.45, 2.75) is 0 Å². The molecule has 0 atom stereocenters. The third-order valence-corrected chi connectivity index (χ3v) is 16.8. The van der Waals surface area contributed by atoms with Crippen molar-refractivity contribution >= 4 is 94.0 Å². The zero-order valence-corrected chi connectivity index (χ0v) is 30.2. The summed E-state index contributed by atoms with van der Waals surface area (Å²) in [7, 11) is -2.82. The first kappa shape index (κ1) is 29.7. The Morgan fingerprint density at radius 2 is 0.926 bits per heavy atom. The Balaban J connectivity index is 1.24. The highest BCUT2D eigenvalue weighted by atomic mass is 28.3. The number of hydrogen-bond acceptors (Lipinski definition) is 2. The fraction of sp³-hybridized carbons (Fsp3) is 0. The van der Waals surface area contributed by atoms with Crippen LogP contribution < -0.4 is 20.7 Å². The number of benzene rings is 8. The normalized spacial score (nSPS) is 13.3. The summed E-state index contributed by atoms with van der Waals surface area (Å²) < 4.78 is 2.44. The van der Waals surface area contributed by atoms with E-state index >= 15 is 0 Å². The van der Waals surface area contributed by atoms with Crippen LogP contribution in [0.3, 0.4) is 0 Å². The van der Waals surface area contributed by atoms with Crippen LogP contribution in [-0.4, -0.2) is 22.6 Å². The highest BCUT2D eigenvalue weighted by molar-refractivity contribution is 7.23. The van der Waals surface area contributed by atoms with Gasteiger partial charge in [0.15, 0.2) is 8.07 Å². The molecule has 1 aliphatic rings. The van der Waals surface area contributed by atoms with Crippen LogP contribution in [0.1, 0.15) is 0 Å². The van der Waals surface area contributed by atoms with Crippen LogP contribution in [0.5, 0.6) is 0 Å². The smallest absolute Gasteiger partial charge is 0.183 e. The lowest BCUT2D eigenvalue weighted by molar-refractivity contribution is 1.18. The Morgan fingerprint density at radius 1 is 0.389 bits per heavy atom. The Labute approximate surface area is 312 Å². The van der Waals surface area contributed by atoms with E-state index in [1.807, 2.05) is 0 Å². The quantitative estimate of drug-likeness (QED) is 0.136. The predicted octanol–water partition coefficient (Wildman–Crippen LogP) is 9.54. The third kappa shape index (κ3) is 3.79. The third-order valence-electron chi connectivity index (χ3n) is 11.9. The monoisotopic (exact) mass is 701 g/mol. The first-order valence-corrected chi connectivity index (χ1v) is 20.6. The second-order valence-corrected chi connectivity index (χ2v) is 18.2. The number of fused-ring (bicyclic) bond motifs is 15. The molecular weight excluding hydrogens is 671 g/mol. The summed E-state index contributed by atoms with van der Waals surface area (Å²) in [4.78, 5) is 10.9. The number of para-hydroxylation sites is 1. The molecule has 0 fully saturated rings. The van der Waals surface area contributed by atoms with Crippen LogP contribution in [-0.2, 0) is 0 Å². The lowest BCUT2D eigenvalue weighted by Crippen LogP contribution is -2.73. The minimum Gasteiger partial charge on any atom is -0.307 e. The minimum absolute atomic E-state index is 0.933. The predicted molar refractivity (Wildman–Crippen MR) is 229 cm³/mol. The molecule has 0 radical (unpaired) electrons. The van der Waals surface area contributed by atoms with E-state index in [0.717, 1.165) is 33.1 Å². The molecule has 12 rings (SSSR count). The van der Waals surface area contributed by atoms with E-state index in [1.165, 1.54) is 69.6 Å². The lowest BCUT2D eigenvalue weighted by Gasteiger charge is -2.31. The van der Waals surface area contributed by atoms with Crippen molar-refractivity contribution in [3.05, 3.63) is 188 Å². The van der Waals surface area contributed by atoms with Gasteiger partial charge in [-0.3, -0.25) is 9.97 Å². The molecule has 8 aromatic carbocycles. The molecule has 0 N–H and O–H groups in total. The van der Waals surface area contributed by atoms with Gasteiger partial charge < -0.3 is 4.57 Å². The van der Waals surface area contributed by atoms with Crippen molar-refractivity contribution in [2.24, 2.45) is 0 Å². The first-order valence-electron chi connectivity index (χ1n) is 18.6. The van der Waals surface area contributed by atoms with Crippen molar-refractivity contribution < 1.29 is 0 Å². The number of pyridine rings is 2. The molecule has 4 heteroatoms. The first-order chi connectivity index (χ1) is 26.8. The van der Waals surface area contributed by atoms with E-state index in [9.17, 15) is 0 Å². The molecule has 1 aliphatic heterocycles. The second-order valence-electron chi connectivity index (χ2n) is 14.5. The van der Waals surface area contributed by atoms with Crippen molar-refractivity contribution in [3.8, 4) is 16.8 Å². The molecule has 0 amide bonds. The van der Waals surface area contributed by atoms with Crippen LogP contribution in [0.2, 0.25) is 0 Å². The van der Waals surface area contributed by atoms with E-state index in [4.69, 9.17) is 9.97 Å². The molecule has 0 spiro atoms. The van der Waals surface area contributed by atoms with Gasteiger partial charge in [0.2, 0.25) is 0 Å². The maximum atomic E-state index is 5.45. The van der Waals surface area contributed by atoms with Crippen molar-refractivity contribution in [3.63, 3.8) is 0 Å². The molecule has 3 nitrogen and oxygen atoms in total. The van der Waals surface area contributed by atoms with Gasteiger partial charge in [-0.2, -0.15) is 0 Å². The topological polar surface area (TPSA) is 30.7 Å². The van der Waals surface area contributed by atoms with Crippen LogP contribution >= 0.6 is 0 Å². The van der Waals surface area contributed by atoms with Crippen LogP contribution in [0.15, 0.2) is 188 Å². The molecule has 3 aromatic heterocycles. The maximum absolute atomic E-state index is 5.45. The molecule has 0 saturated carbocycles. The van der Waals surface area contributed by atoms with E-state index in [1.54, 1.807) is 0 Å². The van der Waals surface area contributed by atoms with E-state index in [2.05, 4.69) is 193 Å². The SMILES string of the molecule is c1ccc([Si]2(c3ccccc3)c3ccccc3-c3cnc4c(ncc5c6ccccc6n(-c6ccc7c8ccccc8c8ccccc8c7c6)c54)c32)cc1. The van der Waals surface area contributed by atoms with Gasteiger partial charge in [-0.25, -0.2) is 0 Å². The summed E-state index contributed by atoms with van der Waals surface area (Å²) in [6.45, 7) is 0. The standard InChI is InChI=1S/C50H31N3Si/c1-3-15-33(16-4-1)54(34-17-5-2-6-18-34)46-26-14-12-24-41(46)44-31-51-47-48(50(44)54)52-30-43-40-23-11-13-25-45(40)53(49(43)47)32-27-28-39-37-21-8-7-19-35(37)36-20-9-10-22-38(36)42(39)29-32/h1-31H. The number of rotatable bonds is 3. The average Bonchev–Trinajstić information content (AvgIpc) is 3.76. The van der Waals surface area contributed by atoms with E-state index in [-0.39, 0.29) is 0 Å². The van der Waals surface area contributed by atoms with Crippen LogP contribution in [0.25, 0.3) is 82.0 Å². The minimum atomic E-state index is -2.82. The Kier molecular flexibility index (Phi) is 6.08. The molecule has 4 heterocycles. The molecule has 0 bridgehead atoms. The Hall–Kier alpha value is -6.88. The summed E-state index contributed by atoms with van der Waals surface area (Å²) >= 11 is 0. The van der Waals surface area contributed by atoms with Gasteiger partial charge in [-0.15, -0.1) is 0 Å². The highest BCUT2D eigenvalue weighted by Crippen LogP contribution is 2.40. The summed E-state index contributed by atoms with van der Waals surface area (Å²) in [5, 5.41) is 15.3. The van der Waals surface area contributed by atoms with E-state index in [0.29, 0.717) is 0 Å². The number of aromatic nitrogens is 3. The van der Waals surface area contributed by atoms with Gasteiger partial charge in [-0.05, 0) is 76.8 Å². The highest BCUT2D eigenvalue weighted by Gasteiger charge is 2.50. The molecule has 0 unspecified atom stereocenters. The second kappa shape index (κ2) is 11.1. The van der Waals surface area contributed by atoms with Gasteiger partial charge in [0.25, 0.3) is 0 Å². The maximum Gasteiger partial charge on any atom is 0.183 e. The molecule has 11 aromatic rings. The molecule has 0 aliphatic carbocycles. The molecule has 54 heavy (non-hydrogen) atoms. The summed E-state index contributed by atoms with van der Waals surface area (Å²) in [5.41, 5.74) is 7.72. The summed E-state index contributed by atoms with van der Waals surface area (Å²) in [6.07, 6.45) is 4.25. The van der Waals surface area contributed by atoms with Crippen molar-refractivity contribution in [1.29, 1.82) is 0 Å². The number of hydrogen-bond donors (Lipinski definition) is 0. The molecule has 250 valence electrons. The fourth-order valence-electron chi connectivity index (χ4n) is 9.77. The van der Waals surface area contributed by atoms with Crippen LogP contribution in [0, 0.1) is 0 Å². The summed E-state index contributed by atoms with van der Waals surface area (Å²) in [6, 6.07) is 64.6. The lowest BCUT2D eigenvalue weighted by atomic mass is 9.94. The molecule has 0 saturated heterocycles. The largest absolute Gasteiger partial charge is 0.307 e. The zero-order chi connectivity index (χ0) is 35.4. The Bertz CT molecular complexity index is 3260. The van der Waals surface area contributed by atoms with Crippen molar-refractivity contribution in [1.82, 2.24) is 14.5 Å². The van der Waals surface area contributed by atoms with Gasteiger partial charge in [0, 0.05) is 34.4 Å². The van der Waals surface area contributed by atoms with Gasteiger partial charge in [0.05, 0.1) is 16.6 Å². The fourth-order valence-corrected chi connectivity index (χ4v) is 15.1. The zero-order valence-electron chi connectivity index (χ0n) is 29.2. The van der Waals surface area contributed by atoms with Gasteiger partial charge in [-0.1, -0.05) is 158 Å². The van der Waals surface area contributed by atoms with Crippen molar-refractivity contribution in [2.75, 3.05) is 0 Å². The Morgan fingerprint density at radius 3 is 1.61 bits per heavy atom. The van der Waals surface area contributed by atoms with E-state index < -0.39 is 8.07 Å². The number of nitrogens with zero attached hydrogens (tertiary/aromatic N) is 3. The van der Waals surface area contributed by atoms with Gasteiger partial charge >= 0.3 is 0 Å². The van der Waals surface area contributed by atoms with Gasteiger partial charge in [0.1, 0.15) is 5.52 Å². The average molecular weight is 702 g/mol. The van der Waals surface area contributed by atoms with Crippen LogP contribution in [0.4, 0.5) is 0 Å². The summed E-state index contributed by atoms with van der Waals surface area (Å²) in [5.74, 6) is 0.